The van der Waals surface area contributed by atoms with E-state index in [0.717, 1.165) is 21.9 Å². The lowest BCUT2D eigenvalue weighted by Gasteiger charge is -2.06. The number of furan rings is 1. The molecule has 0 unspecified atom stereocenters. The van der Waals surface area contributed by atoms with E-state index in [1.54, 1.807) is 24.3 Å². The third-order valence-electron chi connectivity index (χ3n) is 5.50. The largest absolute Gasteiger partial charge is 0.451 e. The van der Waals surface area contributed by atoms with Gasteiger partial charge in [-0.15, -0.1) is 0 Å². The van der Waals surface area contributed by atoms with E-state index in [2.05, 4.69) is 0 Å². The molecule has 3 aromatic carbocycles. The molecule has 0 atom stereocenters. The van der Waals surface area contributed by atoms with Crippen LogP contribution in [0.1, 0.15) is 27.2 Å². The maximum Gasteiger partial charge on any atom is 0.336 e. The highest BCUT2D eigenvalue weighted by molar-refractivity contribution is 6.30. The van der Waals surface area contributed by atoms with Crippen molar-refractivity contribution in [2.75, 3.05) is 0 Å². The van der Waals surface area contributed by atoms with Crippen LogP contribution < -0.4 is 5.63 Å². The van der Waals surface area contributed by atoms with E-state index in [4.69, 9.17) is 20.4 Å². The van der Waals surface area contributed by atoms with Gasteiger partial charge in [0.25, 0.3) is 0 Å². The van der Waals surface area contributed by atoms with Crippen molar-refractivity contribution in [3.8, 4) is 11.1 Å². The minimum absolute atomic E-state index is 0.238. The molecule has 2 heterocycles. The number of carbonyl (C=O) groups excluding carboxylic acids is 1. The number of fused-ring (bicyclic) bond motifs is 2. The third-order valence-corrected chi connectivity index (χ3v) is 5.75. The standard InChI is InChI=1S/C26H17ClO4/c1-14-12-21(28)30-24-15(2)25-20(13-19(14)24)22(16-6-4-3-5-7-16)26(31-25)23(29)17-8-10-18(27)11-9-17/h3-13H,1-2H3. The molecule has 31 heavy (non-hydrogen) atoms. The van der Waals surface area contributed by atoms with Crippen LogP contribution in [0.5, 0.6) is 0 Å². The molecule has 0 aliphatic carbocycles. The maximum absolute atomic E-state index is 13.4. The van der Waals surface area contributed by atoms with E-state index in [-0.39, 0.29) is 11.5 Å². The van der Waals surface area contributed by atoms with Crippen molar-refractivity contribution in [2.45, 2.75) is 13.8 Å². The van der Waals surface area contributed by atoms with Gasteiger partial charge in [-0.1, -0.05) is 41.9 Å². The highest BCUT2D eigenvalue weighted by Crippen LogP contribution is 2.40. The highest BCUT2D eigenvalue weighted by atomic mass is 35.5. The van der Waals surface area contributed by atoms with Gasteiger partial charge in [0.1, 0.15) is 11.2 Å². The van der Waals surface area contributed by atoms with Gasteiger partial charge < -0.3 is 8.83 Å². The molecule has 0 fully saturated rings. The molecule has 0 aliphatic rings. The lowest BCUT2D eigenvalue weighted by molar-refractivity contribution is 0.101. The zero-order valence-corrected chi connectivity index (χ0v) is 17.6. The van der Waals surface area contributed by atoms with E-state index < -0.39 is 5.63 Å². The van der Waals surface area contributed by atoms with Crippen molar-refractivity contribution in [2.24, 2.45) is 0 Å². The van der Waals surface area contributed by atoms with E-state index in [0.29, 0.717) is 32.9 Å². The number of rotatable bonds is 3. The number of hydrogen-bond acceptors (Lipinski definition) is 4. The quantitative estimate of drug-likeness (QED) is 0.237. The third kappa shape index (κ3) is 3.16. The second kappa shape index (κ2) is 7.25. The maximum atomic E-state index is 13.4. The Morgan fingerprint density at radius 2 is 1.52 bits per heavy atom. The second-order valence-electron chi connectivity index (χ2n) is 7.51. The molecule has 0 N–H and O–H groups in total. The Morgan fingerprint density at radius 1 is 0.839 bits per heavy atom. The van der Waals surface area contributed by atoms with Crippen molar-refractivity contribution in [1.29, 1.82) is 0 Å². The van der Waals surface area contributed by atoms with Crippen LogP contribution in [0.15, 0.2) is 80.4 Å². The molecule has 0 spiro atoms. The molecule has 0 saturated carbocycles. The van der Waals surface area contributed by atoms with Crippen LogP contribution >= 0.6 is 11.6 Å². The Balaban J connectivity index is 1.88. The summed E-state index contributed by atoms with van der Waals surface area (Å²) in [5.41, 5.74) is 4.13. The Bertz CT molecular complexity index is 1520. The monoisotopic (exact) mass is 428 g/mol. The fourth-order valence-corrected chi connectivity index (χ4v) is 4.09. The zero-order chi connectivity index (χ0) is 21.7. The lowest BCUT2D eigenvalue weighted by atomic mass is 9.95. The number of halogens is 1. The van der Waals surface area contributed by atoms with Crippen molar-refractivity contribution >= 4 is 39.3 Å². The molecule has 152 valence electrons. The Kier molecular flexibility index (Phi) is 4.53. The van der Waals surface area contributed by atoms with Gasteiger partial charge >= 0.3 is 5.63 Å². The Morgan fingerprint density at radius 3 is 2.23 bits per heavy atom. The second-order valence-corrected chi connectivity index (χ2v) is 7.95. The molecule has 5 rings (SSSR count). The first-order valence-electron chi connectivity index (χ1n) is 9.80. The van der Waals surface area contributed by atoms with Crippen LogP contribution in [0.3, 0.4) is 0 Å². The van der Waals surface area contributed by atoms with E-state index >= 15 is 0 Å². The summed E-state index contributed by atoms with van der Waals surface area (Å²) in [7, 11) is 0. The number of hydrogen-bond donors (Lipinski definition) is 0. The minimum atomic E-state index is -0.417. The first-order valence-corrected chi connectivity index (χ1v) is 10.2. The summed E-state index contributed by atoms with van der Waals surface area (Å²) in [5, 5.41) is 2.16. The summed E-state index contributed by atoms with van der Waals surface area (Å²) in [6, 6.07) is 19.8. The van der Waals surface area contributed by atoms with Gasteiger partial charge in [-0.25, -0.2) is 4.79 Å². The molecule has 0 radical (unpaired) electrons. The summed E-state index contributed by atoms with van der Waals surface area (Å²) >= 11 is 5.99. The number of benzene rings is 3. The van der Waals surface area contributed by atoms with Gasteiger partial charge in [-0.2, -0.15) is 0 Å². The fourth-order valence-electron chi connectivity index (χ4n) is 3.97. The summed E-state index contributed by atoms with van der Waals surface area (Å²) in [6.07, 6.45) is 0. The van der Waals surface area contributed by atoms with Crippen LogP contribution in [0, 0.1) is 13.8 Å². The number of ketones is 1. The van der Waals surface area contributed by atoms with Crippen LogP contribution in [0.4, 0.5) is 0 Å². The molecule has 0 saturated heterocycles. The summed E-state index contributed by atoms with van der Waals surface area (Å²) < 4.78 is 11.7. The molecule has 4 nitrogen and oxygen atoms in total. The Labute approximate surface area is 182 Å². The van der Waals surface area contributed by atoms with Crippen LogP contribution in [-0.4, -0.2) is 5.78 Å². The molecule has 0 bridgehead atoms. The smallest absolute Gasteiger partial charge is 0.336 e. The van der Waals surface area contributed by atoms with Gasteiger partial charge in [0.2, 0.25) is 5.78 Å². The van der Waals surface area contributed by atoms with Crippen molar-refractivity contribution in [1.82, 2.24) is 0 Å². The van der Waals surface area contributed by atoms with Gasteiger partial charge in [0, 0.05) is 38.6 Å². The molecule has 5 aromatic rings. The molecule has 5 heteroatoms. The fraction of sp³-hybridized carbons (Fsp3) is 0.0769. The summed E-state index contributed by atoms with van der Waals surface area (Å²) in [4.78, 5) is 25.4. The predicted molar refractivity (Wildman–Crippen MR) is 122 cm³/mol. The molecule has 0 aliphatic heterocycles. The van der Waals surface area contributed by atoms with Gasteiger partial charge in [0.05, 0.1) is 0 Å². The van der Waals surface area contributed by atoms with E-state index in [1.807, 2.05) is 50.2 Å². The van der Waals surface area contributed by atoms with Crippen molar-refractivity contribution in [3.05, 3.63) is 105 Å². The SMILES string of the molecule is Cc1cc(=O)oc2c(C)c3oc(C(=O)c4ccc(Cl)cc4)c(-c4ccccc4)c3cc12. The summed E-state index contributed by atoms with van der Waals surface area (Å²) in [6.45, 7) is 3.70. The van der Waals surface area contributed by atoms with Crippen LogP contribution in [-0.2, 0) is 0 Å². The summed E-state index contributed by atoms with van der Waals surface area (Å²) in [5.74, 6) is -0.00437. The normalized spacial score (nSPS) is 11.3. The molecule has 2 aromatic heterocycles. The molecular weight excluding hydrogens is 412 g/mol. The zero-order valence-electron chi connectivity index (χ0n) is 16.9. The van der Waals surface area contributed by atoms with Crippen molar-refractivity contribution < 1.29 is 13.6 Å². The van der Waals surface area contributed by atoms with Crippen LogP contribution in [0.25, 0.3) is 33.1 Å². The average Bonchev–Trinajstić information content (AvgIpc) is 3.15. The molecule has 0 amide bonds. The lowest BCUT2D eigenvalue weighted by Crippen LogP contribution is -2.01. The first-order chi connectivity index (χ1) is 14.9. The number of aryl methyl sites for hydroxylation is 2. The van der Waals surface area contributed by atoms with Gasteiger partial charge in [-0.3, -0.25) is 4.79 Å². The van der Waals surface area contributed by atoms with E-state index in [1.165, 1.54) is 6.07 Å². The minimum Gasteiger partial charge on any atom is -0.451 e. The Hall–Kier alpha value is -3.63. The van der Waals surface area contributed by atoms with Crippen LogP contribution in [0.2, 0.25) is 5.02 Å². The van der Waals surface area contributed by atoms with Gasteiger partial charge in [0.15, 0.2) is 5.76 Å². The number of carbonyl (C=O) groups is 1. The van der Waals surface area contributed by atoms with E-state index in [9.17, 15) is 9.59 Å². The predicted octanol–water partition coefficient (Wildman–Crippen LogP) is 6.71. The molecular formula is C26H17ClO4. The van der Waals surface area contributed by atoms with Crippen molar-refractivity contribution in [3.63, 3.8) is 0 Å². The average molecular weight is 429 g/mol. The highest BCUT2D eigenvalue weighted by Gasteiger charge is 2.25. The van der Waals surface area contributed by atoms with Gasteiger partial charge in [-0.05, 0) is 55.3 Å². The first kappa shape index (κ1) is 19.3. The topological polar surface area (TPSA) is 60.4 Å².